The third-order valence-corrected chi connectivity index (χ3v) is 6.05. The Morgan fingerprint density at radius 1 is 1.19 bits per heavy atom. The zero-order chi connectivity index (χ0) is 22.5. The number of nitrogens with zero attached hydrogens (tertiary/aromatic N) is 1. The molecule has 0 unspecified atom stereocenters. The normalized spacial score (nSPS) is 15.8. The number of carbonyl (C=O) groups excluding carboxylic acids is 3. The van der Waals surface area contributed by atoms with Crippen LogP contribution in [-0.4, -0.2) is 30.9 Å². The van der Waals surface area contributed by atoms with Crippen LogP contribution in [0.25, 0.3) is 0 Å². The molecule has 0 radical (unpaired) electrons. The largest absolute Gasteiger partial charge is 0.455 e. The molecule has 0 bridgehead atoms. The molecule has 1 fully saturated rings. The summed E-state index contributed by atoms with van der Waals surface area (Å²) >= 11 is 9.38. The van der Waals surface area contributed by atoms with E-state index in [0.29, 0.717) is 10.7 Å². The number of amides is 2. The maximum absolute atomic E-state index is 12.7. The molecule has 1 aliphatic rings. The van der Waals surface area contributed by atoms with E-state index in [1.807, 2.05) is 32.0 Å². The van der Waals surface area contributed by atoms with Crippen LogP contribution in [0.15, 0.2) is 40.9 Å². The van der Waals surface area contributed by atoms with Gasteiger partial charge in [-0.05, 0) is 42.2 Å². The van der Waals surface area contributed by atoms with E-state index in [2.05, 4.69) is 21.2 Å². The number of benzene rings is 2. The number of hydrogen-bond acceptors (Lipinski definition) is 4. The molecule has 2 aromatic carbocycles. The average molecular weight is 508 g/mol. The number of para-hydroxylation sites is 1. The first-order valence-electron chi connectivity index (χ1n) is 10.2. The standard InChI is InChI=1S/C23H24BrClN2O4/c1-3-14-6-5-7-15(4-2)22(14)27-12-16(10-21(27)29)23(30)31-13-20(28)26-19-9-8-17(24)11-18(19)25/h5-9,11,16H,3-4,10,12-13H2,1-2H3,(H,26,28)/t16-/m0/s1. The summed E-state index contributed by atoms with van der Waals surface area (Å²) in [6.45, 7) is 3.89. The lowest BCUT2D eigenvalue weighted by molar-refractivity contribution is -0.151. The molecule has 2 amide bonds. The lowest BCUT2D eigenvalue weighted by Gasteiger charge is -2.23. The van der Waals surface area contributed by atoms with Crippen molar-refractivity contribution in [3.05, 3.63) is 57.0 Å². The summed E-state index contributed by atoms with van der Waals surface area (Å²) < 4.78 is 5.97. The van der Waals surface area contributed by atoms with Crippen molar-refractivity contribution in [3.63, 3.8) is 0 Å². The predicted octanol–water partition coefficient (Wildman–Crippen LogP) is 4.76. The zero-order valence-electron chi connectivity index (χ0n) is 17.4. The van der Waals surface area contributed by atoms with Crippen LogP contribution in [0.4, 0.5) is 11.4 Å². The van der Waals surface area contributed by atoms with Crippen LogP contribution in [0.2, 0.25) is 5.02 Å². The summed E-state index contributed by atoms with van der Waals surface area (Å²) in [5.74, 6) is -1.77. The number of anilines is 2. The summed E-state index contributed by atoms with van der Waals surface area (Å²) in [5, 5.41) is 2.98. The summed E-state index contributed by atoms with van der Waals surface area (Å²) in [6, 6.07) is 11.0. The molecule has 3 rings (SSSR count). The second-order valence-electron chi connectivity index (χ2n) is 7.32. The minimum atomic E-state index is -0.605. The van der Waals surface area contributed by atoms with Gasteiger partial charge in [0.05, 0.1) is 16.6 Å². The maximum atomic E-state index is 12.7. The van der Waals surface area contributed by atoms with Gasteiger partial charge in [-0.1, -0.05) is 59.6 Å². The monoisotopic (exact) mass is 506 g/mol. The lowest BCUT2D eigenvalue weighted by atomic mass is 10.0. The topological polar surface area (TPSA) is 75.7 Å². The van der Waals surface area contributed by atoms with Gasteiger partial charge in [0.1, 0.15) is 0 Å². The molecule has 0 saturated carbocycles. The lowest BCUT2D eigenvalue weighted by Crippen LogP contribution is -2.29. The van der Waals surface area contributed by atoms with E-state index in [9.17, 15) is 14.4 Å². The molecule has 1 atom stereocenters. The highest BCUT2D eigenvalue weighted by Crippen LogP contribution is 2.33. The van der Waals surface area contributed by atoms with Crippen LogP contribution >= 0.6 is 27.5 Å². The van der Waals surface area contributed by atoms with Crippen molar-refractivity contribution in [2.24, 2.45) is 5.92 Å². The summed E-state index contributed by atoms with van der Waals surface area (Å²) in [4.78, 5) is 39.1. The van der Waals surface area contributed by atoms with Crippen molar-refractivity contribution < 1.29 is 19.1 Å². The SMILES string of the molecule is CCc1cccc(CC)c1N1C[C@@H](C(=O)OCC(=O)Nc2ccc(Br)cc2Cl)CC1=O. The molecule has 1 saturated heterocycles. The van der Waals surface area contributed by atoms with E-state index in [1.165, 1.54) is 0 Å². The fraction of sp³-hybridized carbons (Fsp3) is 0.348. The Kier molecular flexibility index (Phi) is 7.73. The number of nitrogens with one attached hydrogen (secondary N) is 1. The molecule has 8 heteroatoms. The maximum Gasteiger partial charge on any atom is 0.311 e. The van der Waals surface area contributed by atoms with E-state index < -0.39 is 24.4 Å². The van der Waals surface area contributed by atoms with Crippen molar-refractivity contribution >= 4 is 56.7 Å². The van der Waals surface area contributed by atoms with Crippen LogP contribution in [0.5, 0.6) is 0 Å². The summed E-state index contributed by atoms with van der Waals surface area (Å²) in [5.41, 5.74) is 3.48. The van der Waals surface area contributed by atoms with Crippen molar-refractivity contribution in [1.29, 1.82) is 0 Å². The van der Waals surface area contributed by atoms with Gasteiger partial charge in [-0.3, -0.25) is 14.4 Å². The van der Waals surface area contributed by atoms with Crippen molar-refractivity contribution in [2.45, 2.75) is 33.1 Å². The molecule has 0 spiro atoms. The number of hydrogen-bond donors (Lipinski definition) is 1. The van der Waals surface area contributed by atoms with E-state index in [4.69, 9.17) is 16.3 Å². The Morgan fingerprint density at radius 3 is 2.48 bits per heavy atom. The number of esters is 1. The molecule has 6 nitrogen and oxygen atoms in total. The van der Waals surface area contributed by atoms with Crippen molar-refractivity contribution in [1.82, 2.24) is 0 Å². The van der Waals surface area contributed by atoms with E-state index in [-0.39, 0.29) is 18.9 Å². The Morgan fingerprint density at radius 2 is 1.87 bits per heavy atom. The first-order chi connectivity index (χ1) is 14.8. The van der Waals surface area contributed by atoms with Crippen LogP contribution in [0.1, 0.15) is 31.4 Å². The molecule has 2 aromatic rings. The second-order valence-corrected chi connectivity index (χ2v) is 8.64. The van der Waals surface area contributed by atoms with Gasteiger partial charge in [-0.25, -0.2) is 0 Å². The number of halogens is 2. The van der Waals surface area contributed by atoms with Gasteiger partial charge >= 0.3 is 5.97 Å². The fourth-order valence-corrected chi connectivity index (χ4v) is 4.40. The molecular formula is C23H24BrClN2O4. The van der Waals surface area contributed by atoms with Crippen molar-refractivity contribution in [2.75, 3.05) is 23.4 Å². The molecule has 164 valence electrons. The van der Waals surface area contributed by atoms with Gasteiger partial charge in [-0.15, -0.1) is 0 Å². The highest BCUT2D eigenvalue weighted by atomic mass is 79.9. The molecule has 1 aliphatic heterocycles. The average Bonchev–Trinajstić information content (AvgIpc) is 3.14. The number of ether oxygens (including phenoxy) is 1. The second kappa shape index (κ2) is 10.3. The van der Waals surface area contributed by atoms with Gasteiger partial charge in [0, 0.05) is 23.1 Å². The van der Waals surface area contributed by atoms with Gasteiger partial charge in [0.2, 0.25) is 5.91 Å². The predicted molar refractivity (Wildman–Crippen MR) is 124 cm³/mol. The van der Waals surface area contributed by atoms with Gasteiger partial charge in [0.25, 0.3) is 5.91 Å². The smallest absolute Gasteiger partial charge is 0.311 e. The fourth-order valence-electron chi connectivity index (χ4n) is 3.68. The number of aryl methyl sites for hydroxylation is 2. The molecular weight excluding hydrogens is 484 g/mol. The zero-order valence-corrected chi connectivity index (χ0v) is 19.8. The van der Waals surface area contributed by atoms with Crippen LogP contribution in [0, 0.1) is 5.92 Å². The van der Waals surface area contributed by atoms with Crippen LogP contribution in [-0.2, 0) is 32.0 Å². The van der Waals surface area contributed by atoms with Gasteiger partial charge in [0.15, 0.2) is 6.61 Å². The number of rotatable bonds is 7. The highest BCUT2D eigenvalue weighted by molar-refractivity contribution is 9.10. The third kappa shape index (κ3) is 5.46. The Hall–Kier alpha value is -2.38. The highest BCUT2D eigenvalue weighted by Gasteiger charge is 2.37. The molecule has 0 aromatic heterocycles. The van der Waals surface area contributed by atoms with E-state index >= 15 is 0 Å². The Labute approximate surface area is 195 Å². The molecule has 1 heterocycles. The molecule has 0 aliphatic carbocycles. The molecule has 31 heavy (non-hydrogen) atoms. The summed E-state index contributed by atoms with van der Waals surface area (Å²) in [7, 11) is 0. The third-order valence-electron chi connectivity index (χ3n) is 5.24. The Balaban J connectivity index is 1.61. The molecule has 1 N–H and O–H groups in total. The van der Waals surface area contributed by atoms with E-state index in [1.54, 1.807) is 23.1 Å². The van der Waals surface area contributed by atoms with Gasteiger partial charge < -0.3 is 15.0 Å². The van der Waals surface area contributed by atoms with E-state index in [0.717, 1.165) is 34.1 Å². The number of carbonyl (C=O) groups is 3. The summed E-state index contributed by atoms with van der Waals surface area (Å²) in [6.07, 6.45) is 1.65. The van der Waals surface area contributed by atoms with Gasteiger partial charge in [-0.2, -0.15) is 0 Å². The Bertz CT molecular complexity index is 989. The minimum absolute atomic E-state index is 0.0696. The van der Waals surface area contributed by atoms with Crippen LogP contribution < -0.4 is 10.2 Å². The van der Waals surface area contributed by atoms with Crippen molar-refractivity contribution in [3.8, 4) is 0 Å². The first-order valence-corrected chi connectivity index (χ1v) is 11.3. The quantitative estimate of drug-likeness (QED) is 0.548. The first kappa shape index (κ1) is 23.3. The van der Waals surface area contributed by atoms with Crippen LogP contribution in [0.3, 0.4) is 0 Å². The minimum Gasteiger partial charge on any atom is -0.455 e.